The number of ketones is 1. The Morgan fingerprint density at radius 2 is 1.05 bits per heavy atom. The summed E-state index contributed by atoms with van der Waals surface area (Å²) in [6.45, 7) is 6.16. The van der Waals surface area contributed by atoms with Gasteiger partial charge in [0, 0.05) is 12.8 Å². The van der Waals surface area contributed by atoms with Gasteiger partial charge in [-0.2, -0.15) is 0 Å². The van der Waals surface area contributed by atoms with Crippen LogP contribution in [0.4, 0.5) is 0 Å². The van der Waals surface area contributed by atoms with Crippen LogP contribution in [0.3, 0.4) is 0 Å². The Morgan fingerprint density at radius 1 is 0.590 bits per heavy atom. The summed E-state index contributed by atoms with van der Waals surface area (Å²) in [4.78, 5) is 15.0. The van der Waals surface area contributed by atoms with Crippen molar-refractivity contribution in [3.05, 3.63) is 137 Å². The van der Waals surface area contributed by atoms with Gasteiger partial charge in [0.05, 0.1) is 0 Å². The number of carbonyl (C=O) groups excluding carboxylic acids is 1. The summed E-state index contributed by atoms with van der Waals surface area (Å²) in [5.74, 6) is 1.18. The molecule has 0 aliphatic rings. The van der Waals surface area contributed by atoms with E-state index in [1.165, 1.54) is 16.7 Å². The second kappa shape index (κ2) is 15.7. The topological polar surface area (TPSA) is 29.5 Å². The zero-order valence-corrected chi connectivity index (χ0v) is 23.2. The maximum atomic E-state index is 12.4. The fourth-order valence-electron chi connectivity index (χ4n) is 4.87. The van der Waals surface area contributed by atoms with Gasteiger partial charge in [-0.05, 0) is 85.3 Å². The average Bonchev–Trinajstić information content (AvgIpc) is 2.98. The number of aryl methyl sites for hydroxylation is 2. The molecule has 202 valence electrons. The molecule has 39 heavy (non-hydrogen) atoms. The summed E-state index contributed by atoms with van der Waals surface area (Å²) in [6.07, 6.45) is 5.46. The van der Waals surface area contributed by atoms with E-state index in [1.807, 2.05) is 48.5 Å². The van der Waals surface area contributed by atoms with Crippen LogP contribution in [-0.4, -0.2) is 30.3 Å². The predicted octanol–water partition coefficient (Wildman–Crippen LogP) is 7.51. The molecule has 0 saturated heterocycles. The fraction of sp³-hybridized carbons (Fsp3) is 0.306. The number of ether oxygens (including phenoxy) is 1. The van der Waals surface area contributed by atoms with Crippen molar-refractivity contribution in [1.82, 2.24) is 4.90 Å². The Bertz CT molecular complexity index is 1240. The van der Waals surface area contributed by atoms with Crippen LogP contribution in [0, 0.1) is 0 Å². The second-order valence-electron chi connectivity index (χ2n) is 10.3. The SMILES string of the molecule is CCN(CCCc1ccc(CC(=O)Cc2ccccc2)cc1)CCCc1ccc(OCc2ccccc2)cc1. The summed E-state index contributed by atoms with van der Waals surface area (Å²) >= 11 is 0. The molecule has 0 aliphatic carbocycles. The lowest BCUT2D eigenvalue weighted by Crippen LogP contribution is -2.26. The van der Waals surface area contributed by atoms with Gasteiger partial charge in [0.2, 0.25) is 0 Å². The van der Waals surface area contributed by atoms with E-state index in [0.29, 0.717) is 19.4 Å². The van der Waals surface area contributed by atoms with Gasteiger partial charge in [0.25, 0.3) is 0 Å². The molecular weight excluding hydrogens is 478 g/mol. The Morgan fingerprint density at radius 3 is 1.59 bits per heavy atom. The van der Waals surface area contributed by atoms with Crippen molar-refractivity contribution in [3.63, 3.8) is 0 Å². The minimum atomic E-state index is 0.264. The van der Waals surface area contributed by atoms with Crippen LogP contribution in [0.5, 0.6) is 5.75 Å². The van der Waals surface area contributed by atoms with E-state index < -0.39 is 0 Å². The summed E-state index contributed by atoms with van der Waals surface area (Å²) in [5, 5.41) is 0. The number of nitrogens with zero attached hydrogens (tertiary/aromatic N) is 1. The zero-order valence-electron chi connectivity index (χ0n) is 23.2. The number of carbonyl (C=O) groups is 1. The molecule has 4 aromatic carbocycles. The van der Waals surface area contributed by atoms with E-state index in [1.54, 1.807) is 0 Å². The number of benzene rings is 4. The van der Waals surface area contributed by atoms with Crippen LogP contribution in [0.25, 0.3) is 0 Å². The Balaban J connectivity index is 1.11. The van der Waals surface area contributed by atoms with Crippen molar-refractivity contribution in [2.45, 2.75) is 52.1 Å². The van der Waals surface area contributed by atoms with Crippen LogP contribution < -0.4 is 4.74 Å². The molecule has 0 bridgehead atoms. The first kappa shape index (κ1) is 28.3. The highest BCUT2D eigenvalue weighted by Crippen LogP contribution is 2.16. The van der Waals surface area contributed by atoms with Gasteiger partial charge in [0.15, 0.2) is 0 Å². The average molecular weight is 520 g/mol. The first-order chi connectivity index (χ1) is 19.2. The van der Waals surface area contributed by atoms with E-state index in [0.717, 1.165) is 62.2 Å². The number of hydrogen-bond donors (Lipinski definition) is 0. The maximum absolute atomic E-state index is 12.4. The van der Waals surface area contributed by atoms with Gasteiger partial charge in [-0.1, -0.05) is 104 Å². The second-order valence-corrected chi connectivity index (χ2v) is 10.3. The maximum Gasteiger partial charge on any atom is 0.141 e. The van der Waals surface area contributed by atoms with Gasteiger partial charge < -0.3 is 9.64 Å². The molecule has 0 amide bonds. The lowest BCUT2D eigenvalue weighted by molar-refractivity contribution is -0.117. The van der Waals surface area contributed by atoms with E-state index in [9.17, 15) is 4.79 Å². The number of rotatable bonds is 16. The van der Waals surface area contributed by atoms with Gasteiger partial charge in [-0.3, -0.25) is 4.79 Å². The van der Waals surface area contributed by atoms with Crippen molar-refractivity contribution < 1.29 is 9.53 Å². The van der Waals surface area contributed by atoms with Crippen LogP contribution in [0.2, 0.25) is 0 Å². The standard InChI is InChI=1S/C36H41NO2/c1-2-37(26-10-16-31-21-23-36(24-22-31)39-29-34-13-7-4-8-14-34)25-9-15-30-17-19-33(20-18-30)28-35(38)27-32-11-5-3-6-12-32/h3-8,11-14,17-24H,2,9-10,15-16,25-29H2,1H3. The third-order valence-electron chi connectivity index (χ3n) is 7.17. The first-order valence-electron chi connectivity index (χ1n) is 14.3. The smallest absolute Gasteiger partial charge is 0.141 e. The van der Waals surface area contributed by atoms with Crippen molar-refractivity contribution in [3.8, 4) is 5.75 Å². The van der Waals surface area contributed by atoms with Gasteiger partial charge in [0.1, 0.15) is 18.1 Å². The largest absolute Gasteiger partial charge is 0.489 e. The Hall–Kier alpha value is -3.69. The molecule has 0 fully saturated rings. The highest BCUT2D eigenvalue weighted by atomic mass is 16.5. The number of hydrogen-bond acceptors (Lipinski definition) is 3. The van der Waals surface area contributed by atoms with Crippen molar-refractivity contribution in [2.24, 2.45) is 0 Å². The van der Waals surface area contributed by atoms with Crippen molar-refractivity contribution >= 4 is 5.78 Å². The molecule has 3 heteroatoms. The molecule has 0 spiro atoms. The summed E-state index contributed by atoms with van der Waals surface area (Å²) in [7, 11) is 0. The van der Waals surface area contributed by atoms with E-state index in [4.69, 9.17) is 4.74 Å². The van der Waals surface area contributed by atoms with Crippen molar-refractivity contribution in [1.29, 1.82) is 0 Å². The monoisotopic (exact) mass is 519 g/mol. The van der Waals surface area contributed by atoms with Crippen LogP contribution in [0.15, 0.2) is 109 Å². The van der Waals surface area contributed by atoms with Gasteiger partial charge in [-0.15, -0.1) is 0 Å². The number of Topliss-reactive ketones (excluding diaryl/α,β-unsaturated/α-hetero) is 1. The minimum Gasteiger partial charge on any atom is -0.489 e. The first-order valence-corrected chi connectivity index (χ1v) is 14.3. The third kappa shape index (κ3) is 10.2. The van der Waals surface area contributed by atoms with E-state index in [-0.39, 0.29) is 5.78 Å². The molecular formula is C36H41NO2. The molecule has 0 heterocycles. The zero-order chi connectivity index (χ0) is 27.1. The summed E-state index contributed by atoms with van der Waals surface area (Å²) < 4.78 is 5.91. The molecule has 3 nitrogen and oxygen atoms in total. The summed E-state index contributed by atoms with van der Waals surface area (Å²) in [5.41, 5.74) is 6.08. The Kier molecular flexibility index (Phi) is 11.4. The quantitative estimate of drug-likeness (QED) is 0.153. The highest BCUT2D eigenvalue weighted by molar-refractivity contribution is 5.83. The van der Waals surface area contributed by atoms with Crippen LogP contribution >= 0.6 is 0 Å². The van der Waals surface area contributed by atoms with E-state index in [2.05, 4.69) is 72.5 Å². The van der Waals surface area contributed by atoms with Gasteiger partial charge in [-0.25, -0.2) is 0 Å². The molecule has 4 rings (SSSR count). The Labute approximate surface area is 234 Å². The lowest BCUT2D eigenvalue weighted by Gasteiger charge is -2.20. The minimum absolute atomic E-state index is 0.264. The molecule has 0 unspecified atom stereocenters. The van der Waals surface area contributed by atoms with Crippen LogP contribution in [0.1, 0.15) is 47.6 Å². The molecule has 0 saturated carbocycles. The molecule has 0 aliphatic heterocycles. The molecule has 0 radical (unpaired) electrons. The fourth-order valence-corrected chi connectivity index (χ4v) is 4.87. The van der Waals surface area contributed by atoms with E-state index >= 15 is 0 Å². The third-order valence-corrected chi connectivity index (χ3v) is 7.17. The molecule has 0 N–H and O–H groups in total. The predicted molar refractivity (Wildman–Crippen MR) is 161 cm³/mol. The van der Waals surface area contributed by atoms with Gasteiger partial charge >= 0.3 is 0 Å². The van der Waals surface area contributed by atoms with Crippen LogP contribution in [-0.2, 0) is 37.1 Å². The highest BCUT2D eigenvalue weighted by Gasteiger charge is 2.07. The van der Waals surface area contributed by atoms with Crippen molar-refractivity contribution in [2.75, 3.05) is 19.6 Å². The molecule has 4 aromatic rings. The molecule has 0 aromatic heterocycles. The normalized spacial score (nSPS) is 11.0. The summed E-state index contributed by atoms with van der Waals surface area (Å²) in [6, 6.07) is 37.4. The molecule has 0 atom stereocenters. The lowest BCUT2D eigenvalue weighted by atomic mass is 10.0.